The van der Waals surface area contributed by atoms with E-state index in [2.05, 4.69) is 35.8 Å². The monoisotopic (exact) mass is 262 g/mol. The van der Waals surface area contributed by atoms with E-state index in [0.717, 1.165) is 31.7 Å². The molecule has 3 heteroatoms. The molecule has 0 saturated carbocycles. The summed E-state index contributed by atoms with van der Waals surface area (Å²) < 4.78 is 0. The third-order valence-corrected chi connectivity index (χ3v) is 4.27. The van der Waals surface area contributed by atoms with E-state index < -0.39 is 0 Å². The van der Waals surface area contributed by atoms with Gasteiger partial charge >= 0.3 is 0 Å². The second kappa shape index (κ2) is 6.40. The smallest absolute Gasteiger partial charge is 0.0761 e. The molecule has 1 fully saturated rings. The Morgan fingerprint density at radius 2 is 1.63 bits per heavy atom. The van der Waals surface area contributed by atoms with E-state index in [4.69, 9.17) is 0 Å². The van der Waals surface area contributed by atoms with Crippen LogP contribution in [0, 0.1) is 0 Å². The van der Waals surface area contributed by atoms with Crippen LogP contribution in [0.15, 0.2) is 24.3 Å². The van der Waals surface area contributed by atoms with Gasteiger partial charge in [0.25, 0.3) is 0 Å². The minimum absolute atomic E-state index is 0.378. The number of anilines is 1. The van der Waals surface area contributed by atoms with Crippen molar-refractivity contribution in [1.29, 1.82) is 0 Å². The molecule has 2 rings (SSSR count). The van der Waals surface area contributed by atoms with Crippen LogP contribution >= 0.6 is 0 Å². The number of piperazine rings is 1. The zero-order valence-electron chi connectivity index (χ0n) is 12.3. The number of rotatable bonds is 4. The molecule has 19 heavy (non-hydrogen) atoms. The Labute approximate surface area is 116 Å². The SMILES string of the molecule is CCC(C)N1CCN(c2ccc([C@@H](C)O)cc2)CC1. The number of benzene rings is 1. The molecule has 1 unspecified atom stereocenters. The van der Waals surface area contributed by atoms with Crippen LogP contribution in [0.25, 0.3) is 0 Å². The van der Waals surface area contributed by atoms with Crippen LogP contribution in [0.3, 0.4) is 0 Å². The summed E-state index contributed by atoms with van der Waals surface area (Å²) in [6, 6.07) is 9.00. The van der Waals surface area contributed by atoms with E-state index in [1.165, 1.54) is 12.1 Å². The van der Waals surface area contributed by atoms with Crippen molar-refractivity contribution in [3.05, 3.63) is 29.8 Å². The van der Waals surface area contributed by atoms with Gasteiger partial charge in [0.05, 0.1) is 6.10 Å². The lowest BCUT2D eigenvalue weighted by Crippen LogP contribution is -2.49. The highest BCUT2D eigenvalue weighted by molar-refractivity contribution is 5.48. The molecule has 1 N–H and O–H groups in total. The lowest BCUT2D eigenvalue weighted by atomic mass is 10.1. The van der Waals surface area contributed by atoms with E-state index in [-0.39, 0.29) is 6.10 Å². The van der Waals surface area contributed by atoms with Gasteiger partial charge < -0.3 is 10.0 Å². The normalized spacial score (nSPS) is 20.3. The molecule has 0 spiro atoms. The fraction of sp³-hybridized carbons (Fsp3) is 0.625. The molecule has 0 aliphatic carbocycles. The van der Waals surface area contributed by atoms with Crippen LogP contribution in [0.2, 0.25) is 0 Å². The summed E-state index contributed by atoms with van der Waals surface area (Å²) in [7, 11) is 0. The van der Waals surface area contributed by atoms with Crippen molar-refractivity contribution in [2.75, 3.05) is 31.1 Å². The molecular formula is C16H26N2O. The summed E-state index contributed by atoms with van der Waals surface area (Å²) >= 11 is 0. The van der Waals surface area contributed by atoms with Crippen molar-refractivity contribution < 1.29 is 5.11 Å². The summed E-state index contributed by atoms with van der Waals surface area (Å²) in [5, 5.41) is 9.53. The van der Waals surface area contributed by atoms with Crippen LogP contribution in [0.4, 0.5) is 5.69 Å². The maximum Gasteiger partial charge on any atom is 0.0761 e. The van der Waals surface area contributed by atoms with Gasteiger partial charge in [0, 0.05) is 37.9 Å². The Hall–Kier alpha value is -1.06. The Bertz CT molecular complexity index is 380. The van der Waals surface area contributed by atoms with E-state index in [9.17, 15) is 5.11 Å². The van der Waals surface area contributed by atoms with Crippen LogP contribution < -0.4 is 4.90 Å². The molecule has 1 aromatic carbocycles. The Morgan fingerprint density at radius 3 is 2.11 bits per heavy atom. The second-order valence-corrected chi connectivity index (χ2v) is 5.55. The largest absolute Gasteiger partial charge is 0.389 e. The highest BCUT2D eigenvalue weighted by atomic mass is 16.3. The summed E-state index contributed by atoms with van der Waals surface area (Å²) in [4.78, 5) is 5.01. The molecule has 0 radical (unpaired) electrons. The predicted molar refractivity (Wildman–Crippen MR) is 80.6 cm³/mol. The minimum Gasteiger partial charge on any atom is -0.389 e. The van der Waals surface area contributed by atoms with Gasteiger partial charge in [-0.1, -0.05) is 19.1 Å². The molecule has 0 bridgehead atoms. The van der Waals surface area contributed by atoms with Gasteiger partial charge in [-0.2, -0.15) is 0 Å². The Kier molecular flexibility index (Phi) is 4.83. The van der Waals surface area contributed by atoms with Crippen molar-refractivity contribution in [3.63, 3.8) is 0 Å². The first-order chi connectivity index (χ1) is 9.11. The number of hydrogen-bond donors (Lipinski definition) is 1. The molecule has 1 aromatic rings. The van der Waals surface area contributed by atoms with E-state index in [1.54, 1.807) is 6.92 Å². The Morgan fingerprint density at radius 1 is 1.05 bits per heavy atom. The predicted octanol–water partition coefficient (Wildman–Crippen LogP) is 2.66. The van der Waals surface area contributed by atoms with E-state index in [1.807, 2.05) is 12.1 Å². The molecule has 2 atom stereocenters. The molecule has 106 valence electrons. The average Bonchev–Trinajstić information content (AvgIpc) is 2.46. The summed E-state index contributed by atoms with van der Waals surface area (Å²) in [5.74, 6) is 0. The zero-order valence-corrected chi connectivity index (χ0v) is 12.3. The van der Waals surface area contributed by atoms with Gasteiger partial charge in [-0.25, -0.2) is 0 Å². The fourth-order valence-corrected chi connectivity index (χ4v) is 2.64. The standard InChI is InChI=1S/C16H26N2O/c1-4-13(2)17-9-11-18(12-10-17)16-7-5-15(6-8-16)14(3)19/h5-8,13-14,19H,4,9-12H2,1-3H3/t13?,14-/m1/s1. The first kappa shape index (κ1) is 14.4. The van der Waals surface area contributed by atoms with Crippen molar-refractivity contribution in [2.45, 2.75) is 39.3 Å². The molecule has 3 nitrogen and oxygen atoms in total. The quantitative estimate of drug-likeness (QED) is 0.903. The first-order valence-corrected chi connectivity index (χ1v) is 7.39. The molecule has 0 amide bonds. The van der Waals surface area contributed by atoms with Crippen LogP contribution in [-0.4, -0.2) is 42.2 Å². The third kappa shape index (κ3) is 3.48. The topological polar surface area (TPSA) is 26.7 Å². The number of aliphatic hydroxyl groups excluding tert-OH is 1. The maximum absolute atomic E-state index is 9.53. The number of hydrogen-bond acceptors (Lipinski definition) is 3. The molecule has 1 aliphatic heterocycles. The van der Waals surface area contributed by atoms with Gasteiger partial charge in [0.15, 0.2) is 0 Å². The van der Waals surface area contributed by atoms with Crippen LogP contribution in [0.1, 0.15) is 38.9 Å². The summed E-state index contributed by atoms with van der Waals surface area (Å²) in [6.45, 7) is 10.9. The highest BCUT2D eigenvalue weighted by Crippen LogP contribution is 2.21. The van der Waals surface area contributed by atoms with Gasteiger partial charge in [-0.15, -0.1) is 0 Å². The highest BCUT2D eigenvalue weighted by Gasteiger charge is 2.20. The van der Waals surface area contributed by atoms with Gasteiger partial charge in [-0.3, -0.25) is 4.90 Å². The van der Waals surface area contributed by atoms with Gasteiger partial charge in [0.1, 0.15) is 0 Å². The molecule has 0 aromatic heterocycles. The lowest BCUT2D eigenvalue weighted by Gasteiger charge is -2.39. The van der Waals surface area contributed by atoms with E-state index in [0.29, 0.717) is 6.04 Å². The maximum atomic E-state index is 9.53. The van der Waals surface area contributed by atoms with E-state index >= 15 is 0 Å². The first-order valence-electron chi connectivity index (χ1n) is 7.39. The number of nitrogens with zero attached hydrogens (tertiary/aromatic N) is 2. The lowest BCUT2D eigenvalue weighted by molar-refractivity contribution is 0.192. The Balaban J connectivity index is 1.94. The van der Waals surface area contributed by atoms with Gasteiger partial charge in [0.2, 0.25) is 0 Å². The van der Waals surface area contributed by atoms with Crippen LogP contribution in [-0.2, 0) is 0 Å². The molecule has 1 aliphatic rings. The summed E-state index contributed by atoms with van der Waals surface area (Å²) in [5.41, 5.74) is 2.26. The second-order valence-electron chi connectivity index (χ2n) is 5.55. The zero-order chi connectivity index (χ0) is 13.8. The van der Waals surface area contributed by atoms with Crippen molar-refractivity contribution in [2.24, 2.45) is 0 Å². The molecule has 1 saturated heterocycles. The van der Waals surface area contributed by atoms with Crippen molar-refractivity contribution in [3.8, 4) is 0 Å². The molecular weight excluding hydrogens is 236 g/mol. The van der Waals surface area contributed by atoms with Crippen LogP contribution in [0.5, 0.6) is 0 Å². The minimum atomic E-state index is -0.378. The third-order valence-electron chi connectivity index (χ3n) is 4.27. The fourth-order valence-electron chi connectivity index (χ4n) is 2.64. The van der Waals surface area contributed by atoms with Crippen molar-refractivity contribution >= 4 is 5.69 Å². The average molecular weight is 262 g/mol. The van der Waals surface area contributed by atoms with Gasteiger partial charge in [-0.05, 0) is 38.0 Å². The number of aliphatic hydroxyl groups is 1. The van der Waals surface area contributed by atoms with Crippen molar-refractivity contribution in [1.82, 2.24) is 4.90 Å². The summed E-state index contributed by atoms with van der Waals surface area (Å²) in [6.07, 6.45) is 0.847. The molecule has 1 heterocycles.